The number of nitrogen functional groups attached to an aromatic ring is 1. The Hall–Kier alpha value is -3.76. The molecule has 2 N–H and O–H groups in total. The van der Waals surface area contributed by atoms with Gasteiger partial charge in [0.1, 0.15) is 18.5 Å². The number of benzene rings is 2. The van der Waals surface area contributed by atoms with E-state index in [1.807, 2.05) is 50.3 Å². The van der Waals surface area contributed by atoms with E-state index in [4.69, 9.17) is 15.5 Å². The van der Waals surface area contributed by atoms with Crippen molar-refractivity contribution >= 4 is 28.8 Å². The Morgan fingerprint density at radius 2 is 1.76 bits per heavy atom. The van der Waals surface area contributed by atoms with Crippen LogP contribution in [0.2, 0.25) is 0 Å². The topological polar surface area (TPSA) is 79.9 Å². The van der Waals surface area contributed by atoms with Gasteiger partial charge in [0.05, 0.1) is 36.1 Å². The number of alkyl halides is 3. The summed E-state index contributed by atoms with van der Waals surface area (Å²) in [5.74, 6) is 0.340. The number of fused-ring (bicyclic) bond motifs is 1. The van der Waals surface area contributed by atoms with Crippen LogP contribution in [-0.4, -0.2) is 66.3 Å². The van der Waals surface area contributed by atoms with Gasteiger partial charge in [0.2, 0.25) is 0 Å². The maximum atomic E-state index is 13.7. The van der Waals surface area contributed by atoms with Crippen LogP contribution in [0.15, 0.2) is 76.6 Å². The van der Waals surface area contributed by atoms with Crippen molar-refractivity contribution in [1.29, 1.82) is 0 Å². The van der Waals surface area contributed by atoms with Crippen LogP contribution in [-0.2, 0) is 4.74 Å². The molecule has 2 aliphatic rings. The summed E-state index contributed by atoms with van der Waals surface area (Å²) in [7, 11) is 0. The molecule has 1 saturated heterocycles. The number of allylic oxidation sites excluding steroid dienone is 2. The second-order valence-corrected chi connectivity index (χ2v) is 9.57. The SMILES string of the molecule is CC(C)=C1C=C(N(CC(F)(F)F)c2ccc(-c3ccc4nc(N)cnc4c3)cc2)C=NC1N1CCOCC1. The zero-order valence-corrected chi connectivity index (χ0v) is 21.2. The van der Waals surface area contributed by atoms with Crippen molar-refractivity contribution in [3.63, 3.8) is 0 Å². The maximum Gasteiger partial charge on any atom is 0.406 e. The number of morpholine rings is 1. The van der Waals surface area contributed by atoms with Gasteiger partial charge in [0, 0.05) is 25.0 Å². The van der Waals surface area contributed by atoms with Gasteiger partial charge in [-0.1, -0.05) is 23.8 Å². The van der Waals surface area contributed by atoms with E-state index in [1.54, 1.807) is 18.3 Å². The molecular weight excluding hydrogens is 493 g/mol. The summed E-state index contributed by atoms with van der Waals surface area (Å²) >= 11 is 0. The zero-order valence-electron chi connectivity index (χ0n) is 21.2. The van der Waals surface area contributed by atoms with Crippen LogP contribution in [0.5, 0.6) is 0 Å². The minimum Gasteiger partial charge on any atom is -0.382 e. The minimum atomic E-state index is -4.40. The standard InChI is InChI=1S/C28H29F3N6O/c1-18(2)23-14-22(15-34-27(23)36-9-11-38-12-10-36)37(17-28(29,30)31)21-6-3-19(4-7-21)20-5-8-24-25(13-20)33-16-26(32)35-24/h3-8,13-16,27H,9-12,17H2,1-2H3,(H2,32,35). The molecule has 38 heavy (non-hydrogen) atoms. The lowest BCUT2D eigenvalue weighted by Gasteiger charge is -2.36. The van der Waals surface area contributed by atoms with E-state index in [1.165, 1.54) is 11.1 Å². The van der Waals surface area contributed by atoms with Gasteiger partial charge >= 0.3 is 6.18 Å². The molecule has 1 atom stereocenters. The average molecular weight is 523 g/mol. The molecule has 0 amide bonds. The monoisotopic (exact) mass is 522 g/mol. The van der Waals surface area contributed by atoms with Crippen molar-refractivity contribution in [3.8, 4) is 11.1 Å². The predicted molar refractivity (Wildman–Crippen MR) is 144 cm³/mol. The summed E-state index contributed by atoms with van der Waals surface area (Å²) in [5, 5.41) is 0. The molecule has 0 saturated carbocycles. The lowest BCUT2D eigenvalue weighted by atomic mass is 10.0. The molecule has 0 aliphatic carbocycles. The molecular formula is C28H29F3N6O. The van der Waals surface area contributed by atoms with Gasteiger partial charge in [-0.05, 0) is 60.9 Å². The number of hydrogen-bond donors (Lipinski definition) is 1. The lowest BCUT2D eigenvalue weighted by Crippen LogP contribution is -2.45. The Morgan fingerprint density at radius 1 is 1.05 bits per heavy atom. The first-order valence-electron chi connectivity index (χ1n) is 12.4. The number of dihydropyridines is 1. The Morgan fingerprint density at radius 3 is 2.45 bits per heavy atom. The number of ether oxygens (including phenoxy) is 1. The summed E-state index contributed by atoms with van der Waals surface area (Å²) in [6.07, 6.45) is 0.247. The molecule has 10 heteroatoms. The largest absolute Gasteiger partial charge is 0.406 e. The quantitative estimate of drug-likeness (QED) is 0.496. The van der Waals surface area contributed by atoms with Gasteiger partial charge in [-0.15, -0.1) is 0 Å². The van der Waals surface area contributed by atoms with Crippen LogP contribution in [0, 0.1) is 0 Å². The summed E-state index contributed by atoms with van der Waals surface area (Å²) in [6, 6.07) is 12.6. The second kappa shape index (κ2) is 10.5. The summed E-state index contributed by atoms with van der Waals surface area (Å²) in [4.78, 5) is 16.7. The summed E-state index contributed by atoms with van der Waals surface area (Å²) < 4.78 is 46.6. The molecule has 2 aromatic carbocycles. The Balaban J connectivity index is 1.46. The first-order chi connectivity index (χ1) is 18.2. The highest BCUT2D eigenvalue weighted by Crippen LogP contribution is 2.32. The number of nitrogens with zero attached hydrogens (tertiary/aromatic N) is 5. The molecule has 1 unspecified atom stereocenters. The first kappa shape index (κ1) is 25.9. The number of nitrogens with two attached hydrogens (primary N) is 1. The number of anilines is 2. The average Bonchev–Trinajstić information content (AvgIpc) is 2.91. The smallest absolute Gasteiger partial charge is 0.382 e. The Labute approximate surface area is 219 Å². The third-order valence-corrected chi connectivity index (χ3v) is 6.62. The third kappa shape index (κ3) is 5.71. The number of rotatable bonds is 5. The molecule has 198 valence electrons. The number of halogens is 3. The van der Waals surface area contributed by atoms with E-state index in [-0.39, 0.29) is 6.17 Å². The van der Waals surface area contributed by atoms with Gasteiger partial charge in [-0.2, -0.15) is 13.2 Å². The molecule has 0 bridgehead atoms. The van der Waals surface area contributed by atoms with Crippen LogP contribution in [0.25, 0.3) is 22.2 Å². The van der Waals surface area contributed by atoms with Gasteiger partial charge in [-0.3, -0.25) is 14.9 Å². The molecule has 2 aliphatic heterocycles. The van der Waals surface area contributed by atoms with Crippen molar-refractivity contribution in [3.05, 3.63) is 71.6 Å². The molecule has 0 radical (unpaired) electrons. The highest BCUT2D eigenvalue weighted by atomic mass is 19.4. The van der Waals surface area contributed by atoms with Crippen molar-refractivity contribution < 1.29 is 17.9 Å². The number of hydrogen-bond acceptors (Lipinski definition) is 7. The molecule has 1 aromatic heterocycles. The lowest BCUT2D eigenvalue weighted by molar-refractivity contribution is -0.118. The fraction of sp³-hybridized carbons (Fsp3) is 0.321. The molecule has 3 heterocycles. The molecule has 7 nitrogen and oxygen atoms in total. The van der Waals surface area contributed by atoms with E-state index in [9.17, 15) is 13.2 Å². The Kier molecular flexibility index (Phi) is 7.18. The van der Waals surface area contributed by atoms with Gasteiger partial charge < -0.3 is 15.4 Å². The highest BCUT2D eigenvalue weighted by Gasteiger charge is 2.34. The van der Waals surface area contributed by atoms with Crippen LogP contribution in [0.4, 0.5) is 24.7 Å². The third-order valence-electron chi connectivity index (χ3n) is 6.62. The van der Waals surface area contributed by atoms with Crippen molar-refractivity contribution in [2.75, 3.05) is 43.5 Å². The maximum absolute atomic E-state index is 13.7. The van der Waals surface area contributed by atoms with Crippen molar-refractivity contribution in [1.82, 2.24) is 14.9 Å². The van der Waals surface area contributed by atoms with E-state index < -0.39 is 12.7 Å². The van der Waals surface area contributed by atoms with E-state index in [0.29, 0.717) is 41.4 Å². The van der Waals surface area contributed by atoms with E-state index >= 15 is 0 Å². The summed E-state index contributed by atoms with van der Waals surface area (Å²) in [6.45, 7) is 5.47. The molecule has 5 rings (SSSR count). The second-order valence-electron chi connectivity index (χ2n) is 9.57. The van der Waals surface area contributed by atoms with Crippen LogP contribution >= 0.6 is 0 Å². The number of aliphatic imine (C=N–C) groups is 1. The minimum absolute atomic E-state index is 0.228. The predicted octanol–water partition coefficient (Wildman–Crippen LogP) is 5.21. The van der Waals surface area contributed by atoms with Crippen LogP contribution in [0.3, 0.4) is 0 Å². The van der Waals surface area contributed by atoms with E-state index in [2.05, 4.69) is 14.9 Å². The van der Waals surface area contributed by atoms with Gasteiger partial charge in [-0.25, -0.2) is 4.98 Å². The molecule has 1 fully saturated rings. The highest BCUT2D eigenvalue weighted by molar-refractivity contribution is 5.88. The molecule has 3 aromatic rings. The fourth-order valence-electron chi connectivity index (χ4n) is 4.71. The van der Waals surface area contributed by atoms with E-state index in [0.717, 1.165) is 35.4 Å². The summed E-state index contributed by atoms with van der Waals surface area (Å²) in [5.41, 5.74) is 11.6. The van der Waals surface area contributed by atoms with Gasteiger partial charge in [0.25, 0.3) is 0 Å². The zero-order chi connectivity index (χ0) is 26.9. The first-order valence-corrected chi connectivity index (χ1v) is 12.4. The normalized spacial score (nSPS) is 18.5. The van der Waals surface area contributed by atoms with Crippen molar-refractivity contribution in [2.24, 2.45) is 4.99 Å². The van der Waals surface area contributed by atoms with Crippen LogP contribution < -0.4 is 10.6 Å². The molecule has 0 spiro atoms. The Bertz CT molecular complexity index is 1400. The van der Waals surface area contributed by atoms with Gasteiger partial charge in [0.15, 0.2) is 0 Å². The van der Waals surface area contributed by atoms with Crippen LogP contribution in [0.1, 0.15) is 13.8 Å². The van der Waals surface area contributed by atoms with Crippen molar-refractivity contribution in [2.45, 2.75) is 26.2 Å². The number of aromatic nitrogens is 2. The fourth-order valence-corrected chi connectivity index (χ4v) is 4.71.